The lowest BCUT2D eigenvalue weighted by Gasteiger charge is -2.37. The highest BCUT2D eigenvalue weighted by Crippen LogP contribution is 2.46. The Bertz CT molecular complexity index is 3760. The molecule has 4 atom stereocenters. The van der Waals surface area contributed by atoms with Gasteiger partial charge in [-0.15, -0.1) is 5.10 Å². The molecule has 7 aromatic rings. The first kappa shape index (κ1) is 55.4. The molecule has 0 saturated carbocycles. The van der Waals surface area contributed by atoms with Gasteiger partial charge < -0.3 is 50.7 Å². The third-order valence-corrected chi connectivity index (χ3v) is 16.6. The van der Waals surface area contributed by atoms with Crippen molar-refractivity contribution in [3.63, 3.8) is 0 Å². The van der Waals surface area contributed by atoms with Gasteiger partial charge in [-0.2, -0.15) is 0 Å². The Morgan fingerprint density at radius 2 is 1.70 bits per heavy atom. The summed E-state index contributed by atoms with van der Waals surface area (Å²) in [7, 11) is 0. The number of ether oxygens (including phenoxy) is 2. The predicted octanol–water partition coefficient (Wildman–Crippen LogP) is 4.92. The van der Waals surface area contributed by atoms with Gasteiger partial charge in [-0.1, -0.05) is 51.9 Å². The quantitative estimate of drug-likeness (QED) is 0.0632. The molecule has 428 valence electrons. The van der Waals surface area contributed by atoms with E-state index in [1.54, 1.807) is 46.0 Å². The minimum Gasteiger partial charge on any atom is -0.508 e. The van der Waals surface area contributed by atoms with Gasteiger partial charge in [0, 0.05) is 80.0 Å². The zero-order valence-electron chi connectivity index (χ0n) is 46.4. The number of hydrogen-bond donors (Lipinski definition) is 7. The SMILES string of the molecule is CC[C@@]1(OC(=O)[C@@H](NC(=O)[C@H](Cc2c[nH]cn2)NC(=O)CN2CCN(Cc3ccc(-n4c(O)nnc4-c4cc(C(C)C)c(O)cc4O)cc3)CC2)C(C)C)C(=O)OCc2c1cc1n(c2=O)Cc2c-1nc1cc(F)c(C)c3c1c2[C@@H](N)CC3. The van der Waals surface area contributed by atoms with Gasteiger partial charge in [0.05, 0.1) is 58.8 Å². The molecule has 0 radical (unpaired) electrons. The average Bonchev–Trinajstić information content (AvgIpc) is 2.46. The molecule has 4 aromatic heterocycles. The first-order valence-electron chi connectivity index (χ1n) is 27.6. The van der Waals surface area contributed by atoms with Gasteiger partial charge in [-0.05, 0) is 90.1 Å². The fraction of sp³-hybridized carbons (Fsp3) is 0.407. The second-order valence-electron chi connectivity index (χ2n) is 22.4. The normalized spacial score (nSPS) is 18.5. The van der Waals surface area contributed by atoms with Crippen molar-refractivity contribution in [1.29, 1.82) is 0 Å². The lowest BCUT2D eigenvalue weighted by molar-refractivity contribution is -0.191. The Morgan fingerprint density at radius 3 is 2.39 bits per heavy atom. The number of carbonyl (C=O) groups is 4. The zero-order valence-corrected chi connectivity index (χ0v) is 46.4. The van der Waals surface area contributed by atoms with Crippen LogP contribution in [-0.2, 0) is 66.8 Å². The van der Waals surface area contributed by atoms with E-state index >= 15 is 4.39 Å². The molecule has 1 fully saturated rings. The third-order valence-electron chi connectivity index (χ3n) is 16.6. The van der Waals surface area contributed by atoms with Gasteiger partial charge in [-0.25, -0.2) is 28.5 Å². The Balaban J connectivity index is 0.757. The van der Waals surface area contributed by atoms with Crippen LogP contribution in [0.1, 0.15) is 110 Å². The molecular formula is C59H65FN12O10. The van der Waals surface area contributed by atoms with Crippen LogP contribution in [0.25, 0.3) is 39.4 Å². The maximum absolute atomic E-state index is 15.3. The van der Waals surface area contributed by atoms with Crippen molar-refractivity contribution in [1.82, 2.24) is 54.7 Å². The van der Waals surface area contributed by atoms with Gasteiger partial charge in [0.15, 0.2) is 5.82 Å². The number of aromatic nitrogens is 7. The van der Waals surface area contributed by atoms with Crippen molar-refractivity contribution in [2.24, 2.45) is 11.7 Å². The molecule has 0 unspecified atom stereocenters. The number of cyclic esters (lactones) is 1. The number of aromatic hydroxyl groups is 3. The van der Waals surface area contributed by atoms with Gasteiger partial charge in [-0.3, -0.25) is 24.2 Å². The van der Waals surface area contributed by atoms with Crippen molar-refractivity contribution in [2.75, 3.05) is 32.7 Å². The van der Waals surface area contributed by atoms with E-state index in [0.717, 1.165) is 27.6 Å². The molecule has 23 heteroatoms. The van der Waals surface area contributed by atoms with Crippen LogP contribution in [0.3, 0.4) is 0 Å². The lowest BCUT2D eigenvalue weighted by atomic mass is 9.82. The molecule has 1 saturated heterocycles. The number of nitrogens with zero attached hydrogens (tertiary/aromatic N) is 8. The number of rotatable bonds is 16. The molecule has 4 aliphatic rings. The van der Waals surface area contributed by atoms with Gasteiger partial charge in [0.25, 0.3) is 5.56 Å². The number of imidazole rings is 1. The molecule has 11 rings (SSSR count). The van der Waals surface area contributed by atoms with E-state index in [2.05, 4.69) is 35.7 Å². The number of nitrogens with two attached hydrogens (primary N) is 1. The van der Waals surface area contributed by atoms with Crippen LogP contribution < -0.4 is 21.9 Å². The molecule has 3 aliphatic heterocycles. The monoisotopic (exact) mass is 1120 g/mol. The van der Waals surface area contributed by atoms with Crippen LogP contribution in [0.2, 0.25) is 0 Å². The summed E-state index contributed by atoms with van der Waals surface area (Å²) in [5, 5.41) is 46.3. The summed E-state index contributed by atoms with van der Waals surface area (Å²) < 4.78 is 30.2. The molecule has 7 heterocycles. The van der Waals surface area contributed by atoms with Crippen molar-refractivity contribution in [3.05, 3.63) is 127 Å². The van der Waals surface area contributed by atoms with E-state index in [4.69, 9.17) is 20.2 Å². The second kappa shape index (κ2) is 21.7. The van der Waals surface area contributed by atoms with Crippen LogP contribution >= 0.6 is 0 Å². The van der Waals surface area contributed by atoms with Crippen molar-refractivity contribution >= 4 is 34.7 Å². The molecule has 3 aromatic carbocycles. The molecule has 22 nitrogen and oxygen atoms in total. The van der Waals surface area contributed by atoms with Crippen LogP contribution in [0.15, 0.2) is 65.8 Å². The fourth-order valence-corrected chi connectivity index (χ4v) is 12.0. The van der Waals surface area contributed by atoms with E-state index in [1.165, 1.54) is 27.6 Å². The number of nitrogens with one attached hydrogen (secondary N) is 3. The summed E-state index contributed by atoms with van der Waals surface area (Å²) in [5.41, 5.74) is 11.5. The minimum atomic E-state index is -2.11. The smallest absolute Gasteiger partial charge is 0.355 e. The van der Waals surface area contributed by atoms with E-state index in [1.807, 2.05) is 43.0 Å². The van der Waals surface area contributed by atoms with Crippen molar-refractivity contribution < 1.29 is 48.4 Å². The Morgan fingerprint density at radius 1 is 0.951 bits per heavy atom. The highest BCUT2D eigenvalue weighted by atomic mass is 19.1. The number of benzene rings is 3. The standard InChI is InChI=1S/C59H65FN12O10/c1-7-59(40-20-45-52-38(25-71(45)55(77)39(40)27-81-57(59)79)49-42(61)13-12-35-31(6)41(60)21-43(65-52)50(35)49)82-56(78)51(30(4)5)66-54(76)44(18-33-23-62-28-63-33)64-48(75)26-70-16-14-69(15-17-70)24-32-8-10-34(11-9-32)72-53(67-68-58(72)80)37-19-36(29(2)3)46(73)22-47(37)74/h8-11,19-23,28-30,42,44,51,73-74H,7,12-18,24-27,61H2,1-6H3,(H,62,63)(H,64,75)(H,66,76)(H,68,80)/t42-,44-,51-,59-/m0/s1. The summed E-state index contributed by atoms with van der Waals surface area (Å²) in [6.07, 6.45) is 4.05. The minimum absolute atomic E-state index is 0.0191. The van der Waals surface area contributed by atoms with Crippen molar-refractivity contribution in [2.45, 2.75) is 117 Å². The van der Waals surface area contributed by atoms with Gasteiger partial charge in [0.1, 0.15) is 36.0 Å². The van der Waals surface area contributed by atoms with E-state index in [9.17, 15) is 39.3 Å². The fourth-order valence-electron chi connectivity index (χ4n) is 12.0. The number of esters is 2. The molecule has 8 N–H and O–H groups in total. The number of halogens is 1. The molecule has 2 amide bonds. The highest BCUT2D eigenvalue weighted by Gasteiger charge is 2.52. The summed E-state index contributed by atoms with van der Waals surface area (Å²) in [6, 6.07) is 10.1. The second-order valence-corrected chi connectivity index (χ2v) is 22.4. The number of carbonyl (C=O) groups excluding carboxylic acids is 4. The Labute approximate surface area is 470 Å². The number of H-pyrrole nitrogens is 1. The number of hydrogen-bond acceptors (Lipinski definition) is 17. The first-order chi connectivity index (χ1) is 39.2. The Hall–Kier alpha value is -8.54. The Kier molecular flexibility index (Phi) is 14.7. The van der Waals surface area contributed by atoms with Gasteiger partial charge in [0.2, 0.25) is 17.4 Å². The summed E-state index contributed by atoms with van der Waals surface area (Å²) in [5.74, 6) is -4.08. The van der Waals surface area contributed by atoms with E-state index in [-0.39, 0.29) is 72.9 Å². The van der Waals surface area contributed by atoms with Crippen LogP contribution in [0.4, 0.5) is 4.39 Å². The summed E-state index contributed by atoms with van der Waals surface area (Å²) in [6.45, 7) is 13.3. The maximum atomic E-state index is 15.3. The maximum Gasteiger partial charge on any atom is 0.355 e. The molecule has 1 aliphatic carbocycles. The zero-order chi connectivity index (χ0) is 58.1. The first-order valence-corrected chi connectivity index (χ1v) is 27.6. The number of aryl methyl sites for hydroxylation is 1. The predicted molar refractivity (Wildman–Crippen MR) is 297 cm³/mol. The molecule has 0 bridgehead atoms. The lowest BCUT2D eigenvalue weighted by Crippen LogP contribution is -2.57. The number of fused-ring (bicyclic) bond motifs is 5. The molecular weight excluding hydrogens is 1060 g/mol. The van der Waals surface area contributed by atoms with Crippen LogP contribution in [0, 0.1) is 18.7 Å². The molecule has 0 spiro atoms. The number of amides is 2. The largest absolute Gasteiger partial charge is 0.508 e. The average molecular weight is 1120 g/mol. The molecule has 82 heavy (non-hydrogen) atoms. The van der Waals surface area contributed by atoms with Gasteiger partial charge >= 0.3 is 17.9 Å². The topological polar surface area (TPSA) is 298 Å². The number of pyridine rings is 2. The third kappa shape index (κ3) is 9.88. The van der Waals surface area contributed by atoms with E-state index < -0.39 is 64.8 Å². The number of phenolic OH excluding ortho intramolecular Hbond substituents is 2. The highest BCUT2D eigenvalue weighted by molar-refractivity contribution is 5.95. The summed E-state index contributed by atoms with van der Waals surface area (Å²) in [4.78, 5) is 87.8. The number of phenols is 2. The van der Waals surface area contributed by atoms with Crippen LogP contribution in [0.5, 0.6) is 17.5 Å². The van der Waals surface area contributed by atoms with E-state index in [0.29, 0.717) is 90.5 Å². The summed E-state index contributed by atoms with van der Waals surface area (Å²) >= 11 is 0. The van der Waals surface area contributed by atoms with Crippen LogP contribution in [-0.4, -0.2) is 128 Å². The van der Waals surface area contributed by atoms with Crippen molar-refractivity contribution in [3.8, 4) is 46.0 Å². The number of piperazine rings is 1. The number of aromatic amines is 1.